The first-order valence-corrected chi connectivity index (χ1v) is 9.48. The van der Waals surface area contributed by atoms with Crippen molar-refractivity contribution in [3.8, 4) is 0 Å². The SMILES string of the molecule is CC(=O)NC1CN(S(=O)(=O)c2cccc(Cl)c2C)CC1C(C)C. The third-order valence-electron chi connectivity index (χ3n) is 4.41. The minimum absolute atomic E-state index is 0.0909. The number of amides is 1. The van der Waals surface area contributed by atoms with E-state index < -0.39 is 10.0 Å². The third-order valence-corrected chi connectivity index (χ3v) is 6.80. The molecule has 2 atom stereocenters. The second-order valence-corrected chi connectivity index (χ2v) is 8.71. The molecule has 0 aromatic heterocycles. The number of carbonyl (C=O) groups is 1. The molecule has 1 heterocycles. The Hall–Kier alpha value is -1.11. The summed E-state index contributed by atoms with van der Waals surface area (Å²) in [7, 11) is -3.63. The maximum absolute atomic E-state index is 13.0. The Balaban J connectivity index is 2.34. The molecular formula is C16H23ClN2O3S. The van der Waals surface area contributed by atoms with E-state index in [2.05, 4.69) is 5.32 Å². The molecule has 1 amide bonds. The Kier molecular flexibility index (Phi) is 5.38. The van der Waals surface area contributed by atoms with Gasteiger partial charge in [0.15, 0.2) is 0 Å². The number of nitrogens with zero attached hydrogens (tertiary/aromatic N) is 1. The van der Waals surface area contributed by atoms with Crippen LogP contribution in [0, 0.1) is 18.8 Å². The number of benzene rings is 1. The van der Waals surface area contributed by atoms with Gasteiger partial charge < -0.3 is 5.32 Å². The van der Waals surface area contributed by atoms with Crippen molar-refractivity contribution in [2.45, 2.75) is 38.6 Å². The van der Waals surface area contributed by atoms with Crippen LogP contribution in [0.1, 0.15) is 26.3 Å². The molecule has 1 fully saturated rings. The van der Waals surface area contributed by atoms with Crippen LogP contribution in [0.2, 0.25) is 5.02 Å². The van der Waals surface area contributed by atoms with Gasteiger partial charge in [-0.2, -0.15) is 4.31 Å². The van der Waals surface area contributed by atoms with Gasteiger partial charge in [0, 0.05) is 31.1 Å². The van der Waals surface area contributed by atoms with E-state index in [9.17, 15) is 13.2 Å². The molecule has 23 heavy (non-hydrogen) atoms. The van der Waals surface area contributed by atoms with Gasteiger partial charge in [0.2, 0.25) is 15.9 Å². The van der Waals surface area contributed by atoms with Crippen molar-refractivity contribution < 1.29 is 13.2 Å². The molecule has 0 radical (unpaired) electrons. The van der Waals surface area contributed by atoms with Crippen molar-refractivity contribution in [1.82, 2.24) is 9.62 Å². The normalized spacial score (nSPS) is 22.5. The van der Waals surface area contributed by atoms with Gasteiger partial charge in [-0.15, -0.1) is 0 Å². The van der Waals surface area contributed by atoms with Crippen LogP contribution in [-0.4, -0.2) is 37.8 Å². The first kappa shape index (κ1) is 18.2. The number of hydrogen-bond acceptors (Lipinski definition) is 3. The average molecular weight is 359 g/mol. The number of sulfonamides is 1. The Morgan fingerprint density at radius 2 is 2.00 bits per heavy atom. The third kappa shape index (κ3) is 3.70. The van der Waals surface area contributed by atoms with Gasteiger partial charge in [-0.1, -0.05) is 31.5 Å². The van der Waals surface area contributed by atoms with Crippen molar-refractivity contribution in [3.05, 3.63) is 28.8 Å². The lowest BCUT2D eigenvalue weighted by atomic mass is 9.91. The van der Waals surface area contributed by atoms with E-state index in [0.29, 0.717) is 17.1 Å². The van der Waals surface area contributed by atoms with Crippen molar-refractivity contribution >= 4 is 27.5 Å². The fourth-order valence-corrected chi connectivity index (χ4v) is 5.06. The molecule has 5 nitrogen and oxygen atoms in total. The van der Waals surface area contributed by atoms with Gasteiger partial charge in [-0.25, -0.2) is 8.42 Å². The van der Waals surface area contributed by atoms with E-state index in [1.165, 1.54) is 11.2 Å². The monoisotopic (exact) mass is 358 g/mol. The topological polar surface area (TPSA) is 66.5 Å². The Bertz CT molecular complexity index is 703. The zero-order chi connectivity index (χ0) is 17.4. The predicted molar refractivity (Wildman–Crippen MR) is 90.9 cm³/mol. The molecule has 1 aliphatic rings. The number of halogens is 1. The highest BCUT2D eigenvalue weighted by Crippen LogP contribution is 2.31. The summed E-state index contributed by atoms with van der Waals surface area (Å²) in [4.78, 5) is 11.6. The fourth-order valence-electron chi connectivity index (χ4n) is 3.08. The summed E-state index contributed by atoms with van der Waals surface area (Å²) < 4.78 is 27.4. The van der Waals surface area contributed by atoms with E-state index in [1.54, 1.807) is 25.1 Å². The summed E-state index contributed by atoms with van der Waals surface area (Å²) in [5.41, 5.74) is 0.554. The van der Waals surface area contributed by atoms with Gasteiger partial charge in [0.05, 0.1) is 4.90 Å². The Morgan fingerprint density at radius 1 is 1.35 bits per heavy atom. The smallest absolute Gasteiger partial charge is 0.243 e. The molecule has 0 aliphatic carbocycles. The molecule has 7 heteroatoms. The van der Waals surface area contributed by atoms with E-state index >= 15 is 0 Å². The standard InChI is InChI=1S/C16H23ClN2O3S/c1-10(2)13-8-19(9-15(13)18-12(4)20)23(21,22)16-7-5-6-14(17)11(16)3/h5-7,10,13,15H,8-9H2,1-4H3,(H,18,20). The summed E-state index contributed by atoms with van der Waals surface area (Å²) in [6.07, 6.45) is 0. The predicted octanol–water partition coefficient (Wildman–Crippen LogP) is 2.43. The number of carbonyl (C=O) groups excluding carboxylic acids is 1. The maximum atomic E-state index is 13.0. The summed E-state index contributed by atoms with van der Waals surface area (Å²) in [5.74, 6) is 0.222. The van der Waals surface area contributed by atoms with E-state index in [1.807, 2.05) is 13.8 Å². The summed E-state index contributed by atoms with van der Waals surface area (Å²) in [5, 5.41) is 3.32. The van der Waals surface area contributed by atoms with Gasteiger partial charge in [-0.3, -0.25) is 4.79 Å². The molecule has 1 aliphatic heterocycles. The van der Waals surface area contributed by atoms with E-state index in [-0.39, 0.29) is 35.2 Å². The summed E-state index contributed by atoms with van der Waals surface area (Å²) in [6.45, 7) is 7.93. The molecule has 128 valence electrons. The average Bonchev–Trinajstić information content (AvgIpc) is 2.85. The highest BCUT2D eigenvalue weighted by atomic mass is 35.5. The lowest BCUT2D eigenvalue weighted by Gasteiger charge is -2.22. The molecule has 1 N–H and O–H groups in total. The summed E-state index contributed by atoms with van der Waals surface area (Å²) in [6, 6.07) is 4.73. The van der Waals surface area contributed by atoms with Crippen molar-refractivity contribution in [2.75, 3.05) is 13.1 Å². The second kappa shape index (κ2) is 6.79. The van der Waals surface area contributed by atoms with Crippen LogP contribution in [0.15, 0.2) is 23.1 Å². The van der Waals surface area contributed by atoms with E-state index in [0.717, 1.165) is 0 Å². The molecule has 2 rings (SSSR count). The summed E-state index contributed by atoms with van der Waals surface area (Å²) >= 11 is 6.06. The van der Waals surface area contributed by atoms with E-state index in [4.69, 9.17) is 11.6 Å². The molecule has 1 saturated heterocycles. The van der Waals surface area contributed by atoms with Crippen molar-refractivity contribution in [2.24, 2.45) is 11.8 Å². The van der Waals surface area contributed by atoms with Crippen LogP contribution in [-0.2, 0) is 14.8 Å². The van der Waals surface area contributed by atoms with Crippen molar-refractivity contribution in [1.29, 1.82) is 0 Å². The van der Waals surface area contributed by atoms with Gasteiger partial charge in [0.25, 0.3) is 0 Å². The Labute approximate surface area is 143 Å². The minimum atomic E-state index is -3.63. The zero-order valence-electron chi connectivity index (χ0n) is 13.8. The van der Waals surface area contributed by atoms with Crippen LogP contribution >= 0.6 is 11.6 Å². The Morgan fingerprint density at radius 3 is 2.57 bits per heavy atom. The molecular weight excluding hydrogens is 336 g/mol. The largest absolute Gasteiger partial charge is 0.352 e. The highest BCUT2D eigenvalue weighted by molar-refractivity contribution is 7.89. The van der Waals surface area contributed by atoms with Gasteiger partial charge in [-0.05, 0) is 36.5 Å². The number of hydrogen-bond donors (Lipinski definition) is 1. The quantitative estimate of drug-likeness (QED) is 0.898. The second-order valence-electron chi connectivity index (χ2n) is 6.40. The molecule has 0 spiro atoms. The molecule has 2 unspecified atom stereocenters. The first-order chi connectivity index (χ1) is 10.6. The molecule has 1 aromatic rings. The fraction of sp³-hybridized carbons (Fsp3) is 0.562. The number of rotatable bonds is 4. The van der Waals surface area contributed by atoms with Gasteiger partial charge >= 0.3 is 0 Å². The van der Waals surface area contributed by atoms with Crippen LogP contribution in [0.25, 0.3) is 0 Å². The van der Waals surface area contributed by atoms with Crippen LogP contribution < -0.4 is 5.32 Å². The highest BCUT2D eigenvalue weighted by Gasteiger charge is 2.41. The molecule has 0 saturated carbocycles. The van der Waals surface area contributed by atoms with Crippen LogP contribution in [0.5, 0.6) is 0 Å². The van der Waals surface area contributed by atoms with Crippen LogP contribution in [0.4, 0.5) is 0 Å². The lowest BCUT2D eigenvalue weighted by Crippen LogP contribution is -2.41. The molecule has 0 bridgehead atoms. The van der Waals surface area contributed by atoms with Crippen molar-refractivity contribution in [3.63, 3.8) is 0 Å². The maximum Gasteiger partial charge on any atom is 0.243 e. The lowest BCUT2D eigenvalue weighted by molar-refractivity contribution is -0.119. The van der Waals surface area contributed by atoms with Gasteiger partial charge in [0.1, 0.15) is 0 Å². The zero-order valence-corrected chi connectivity index (χ0v) is 15.4. The van der Waals surface area contributed by atoms with Crippen LogP contribution in [0.3, 0.4) is 0 Å². The first-order valence-electron chi connectivity index (χ1n) is 7.67. The molecule has 1 aromatic carbocycles. The minimum Gasteiger partial charge on any atom is -0.352 e. The number of nitrogens with one attached hydrogen (secondary N) is 1.